The van der Waals surface area contributed by atoms with E-state index in [0.29, 0.717) is 18.4 Å². The molecule has 0 spiro atoms. The fourth-order valence-electron chi connectivity index (χ4n) is 13.5. The molecule has 0 radical (unpaired) electrons. The van der Waals surface area contributed by atoms with Crippen molar-refractivity contribution in [1.29, 1.82) is 0 Å². The number of aryl methyl sites for hydroxylation is 1. The normalized spacial score (nSPS) is 24.6. The molecule has 8 rings (SSSR count). The average Bonchev–Trinajstić information content (AvgIpc) is 1.36. The number of ether oxygens (including phenoxy) is 2. The Morgan fingerprint density at radius 3 is 1.50 bits per heavy atom. The first-order chi connectivity index (χ1) is 47.4. The van der Waals surface area contributed by atoms with Crippen molar-refractivity contribution in [2.24, 2.45) is 23.7 Å². The molecule has 4 fully saturated rings. The molecular weight excluding hydrogens is 1310 g/mol. The van der Waals surface area contributed by atoms with Crippen LogP contribution in [0.3, 0.4) is 0 Å². The summed E-state index contributed by atoms with van der Waals surface area (Å²) in [6, 6.07) is -3.95. The lowest BCUT2D eigenvalue weighted by molar-refractivity contribution is -0.163. The molecule has 8 N–H and O–H groups in total. The number of nitrogen functional groups attached to an aromatic ring is 1. The van der Waals surface area contributed by atoms with E-state index in [0.717, 1.165) is 9.80 Å². The van der Waals surface area contributed by atoms with Crippen molar-refractivity contribution in [2.75, 3.05) is 65.4 Å². The summed E-state index contributed by atoms with van der Waals surface area (Å²) in [4.78, 5) is 214. The number of hydrogen-bond acceptors (Lipinski definition) is 20. The number of carboxylic acid groups (broad SMARTS) is 1. The molecule has 2 aromatic rings. The van der Waals surface area contributed by atoms with Crippen LogP contribution in [0, 0.1) is 37.5 Å². The van der Waals surface area contributed by atoms with Gasteiger partial charge in [-0.05, 0) is 101 Å². The van der Waals surface area contributed by atoms with Crippen LogP contribution in [0.25, 0.3) is 22.6 Å². The van der Waals surface area contributed by atoms with Gasteiger partial charge in [0.2, 0.25) is 52.7 Å². The minimum absolute atomic E-state index is 0.00311. The van der Waals surface area contributed by atoms with E-state index in [2.05, 4.69) is 26.6 Å². The van der Waals surface area contributed by atoms with Crippen molar-refractivity contribution in [3.63, 3.8) is 0 Å². The first-order valence-electron chi connectivity index (χ1n) is 33.9. The lowest BCUT2D eigenvalue weighted by Gasteiger charge is -2.36. The molecular formula is C70H93N13O18. The summed E-state index contributed by atoms with van der Waals surface area (Å²) in [6.07, 6.45) is -1.90. The van der Waals surface area contributed by atoms with E-state index in [4.69, 9.17) is 24.6 Å². The molecule has 0 unspecified atom stereocenters. The summed E-state index contributed by atoms with van der Waals surface area (Å²) in [6.45, 7) is 18.0. The number of carbonyl (C=O) groups excluding carboxylic acids is 12. The second-order valence-corrected chi connectivity index (χ2v) is 28.1. The van der Waals surface area contributed by atoms with Gasteiger partial charge in [-0.2, -0.15) is 0 Å². The minimum atomic E-state index is -1.94. The zero-order valence-corrected chi connectivity index (χ0v) is 59.9. The SMILES string of the molecule is Cc1c2oc3c(C)c(NCc4ccc(C(=O)O)cc4)cc(C(=O)N[C@@H]4C(=O)N[C@H](C(C)C)C(=O)N5CCC[C@H]5C(=O)N(C)CC(=O)N(C)[C@@H](C(C)C)C(=O)O[C@@H]4C)c3nc-2c(C(=O)N[C@@H]2C(=O)N[C@H](C(C)C)C(=O)N3CCC[C@H]3C(=O)N(C)CC(=O)N(C)[C@@H](C(C)C)C(=O)O[C@@H]2C)c(N)c1=O. The average molecular weight is 1400 g/mol. The van der Waals surface area contributed by atoms with Gasteiger partial charge in [0, 0.05) is 64.6 Å². The van der Waals surface area contributed by atoms with E-state index < -0.39 is 202 Å². The van der Waals surface area contributed by atoms with E-state index in [1.54, 1.807) is 74.4 Å². The predicted octanol–water partition coefficient (Wildman–Crippen LogP) is 2.04. The van der Waals surface area contributed by atoms with Gasteiger partial charge in [0.15, 0.2) is 11.3 Å². The van der Waals surface area contributed by atoms with E-state index >= 15 is 19.2 Å². The second-order valence-electron chi connectivity index (χ2n) is 28.1. The Balaban J connectivity index is 1.29. The Morgan fingerprint density at radius 2 is 1.08 bits per heavy atom. The Morgan fingerprint density at radius 1 is 0.634 bits per heavy atom. The number of nitrogens with zero attached hydrogens (tertiary/aromatic N) is 7. The van der Waals surface area contributed by atoms with Gasteiger partial charge in [-0.3, -0.25) is 52.7 Å². The van der Waals surface area contributed by atoms with Crippen LogP contribution in [-0.2, 0) is 64.0 Å². The van der Waals surface area contributed by atoms with E-state index in [1.165, 1.54) is 86.8 Å². The molecule has 101 heavy (non-hydrogen) atoms. The van der Waals surface area contributed by atoms with Crippen LogP contribution in [0.15, 0.2) is 39.5 Å². The maximum absolute atomic E-state index is 15.7. The summed E-state index contributed by atoms with van der Waals surface area (Å²) in [5.74, 6) is -14.3. The Hall–Kier alpha value is -10.2. The number of hydrogen-bond donors (Lipinski definition) is 7. The number of carboxylic acids is 1. The van der Waals surface area contributed by atoms with Gasteiger partial charge < -0.3 is 80.7 Å². The summed E-state index contributed by atoms with van der Waals surface area (Å²) in [5, 5.41) is 23.6. The molecule has 5 heterocycles. The highest BCUT2D eigenvalue weighted by molar-refractivity contribution is 6.11. The number of benzene rings is 3. The largest absolute Gasteiger partial charge is 0.478 e. The van der Waals surface area contributed by atoms with Crippen LogP contribution in [0.2, 0.25) is 0 Å². The van der Waals surface area contributed by atoms with Crippen LogP contribution < -0.4 is 37.7 Å². The number of nitrogens with two attached hydrogens (primary N) is 1. The first kappa shape index (κ1) is 76.5. The molecule has 4 saturated heterocycles. The van der Waals surface area contributed by atoms with Gasteiger partial charge in [-0.1, -0.05) is 67.5 Å². The number of aromatic nitrogens is 1. The minimum Gasteiger partial charge on any atom is -0.478 e. The van der Waals surface area contributed by atoms with Crippen molar-refractivity contribution < 1.29 is 81.3 Å². The van der Waals surface area contributed by atoms with Crippen molar-refractivity contribution in [3.8, 4) is 11.5 Å². The van der Waals surface area contributed by atoms with Gasteiger partial charge in [-0.25, -0.2) is 19.4 Å². The van der Waals surface area contributed by atoms with E-state index in [1.807, 2.05) is 0 Å². The maximum atomic E-state index is 15.7. The Labute approximate surface area is 584 Å². The molecule has 546 valence electrons. The van der Waals surface area contributed by atoms with Crippen LogP contribution in [0.4, 0.5) is 11.4 Å². The number of nitrogens with one attached hydrogen (secondary N) is 5. The summed E-state index contributed by atoms with van der Waals surface area (Å²) in [7, 11) is 5.53. The fourth-order valence-corrected chi connectivity index (χ4v) is 13.5. The smallest absolute Gasteiger partial charge is 0.335 e. The first-order valence-corrected chi connectivity index (χ1v) is 33.9. The standard InChI is InChI=1S/C70H93N13O18/c1-31(2)49-66(93)82-25-17-19-43(82)64(91)78(13)29-45(84)80(15)55(33(5)6)69(97)99-37(11)51(62(89)74-49)76-60(87)41-27-42(72-28-39-21-23-40(24-22-39)68(95)96)35(9)58-53(41)73-54-47(48(71)57(86)36(10)59(54)101-58)61(88)77-52-38(12)100-70(98)56(34(7)8)81(16)46(85)30-79(14)65(92)44-20-18-26-83(44)67(94)50(32(3)4)75-63(52)90/h21-24,27,31-34,37-38,43-44,49-52,55-56,72H,17-20,25-26,28-30,71H2,1-16H3,(H,74,89)(H,75,90)(H,76,87)(H,77,88)(H,95,96)/t37-,38-,43+,44+,49-,50-,51+,52+,55+,56+/m1/s1. The molecule has 6 aliphatic rings. The molecule has 2 aromatic carbocycles. The quantitative estimate of drug-likeness (QED) is 0.0606. The molecule has 31 heteroatoms. The van der Waals surface area contributed by atoms with Crippen LogP contribution in [0.1, 0.15) is 143 Å². The molecule has 10 atom stereocenters. The Kier molecular flexibility index (Phi) is 23.6. The van der Waals surface area contributed by atoms with Gasteiger partial charge in [0.25, 0.3) is 11.8 Å². The maximum Gasteiger partial charge on any atom is 0.335 e. The number of rotatable bonds is 12. The number of anilines is 2. The monoisotopic (exact) mass is 1400 g/mol. The number of aromatic carboxylic acids is 1. The lowest BCUT2D eigenvalue weighted by Crippen LogP contribution is -2.61. The summed E-state index contributed by atoms with van der Waals surface area (Å²) >= 11 is 0. The third-order valence-electron chi connectivity index (χ3n) is 19.4. The molecule has 31 nitrogen and oxygen atoms in total. The van der Waals surface area contributed by atoms with Crippen LogP contribution in [0.5, 0.6) is 0 Å². The predicted molar refractivity (Wildman–Crippen MR) is 366 cm³/mol. The highest BCUT2D eigenvalue weighted by atomic mass is 16.6. The molecule has 1 aliphatic carbocycles. The van der Waals surface area contributed by atoms with Gasteiger partial charge in [0.05, 0.1) is 35.5 Å². The van der Waals surface area contributed by atoms with E-state index in [9.17, 15) is 53.1 Å². The number of amides is 10. The van der Waals surface area contributed by atoms with Crippen molar-refractivity contribution in [3.05, 3.63) is 73.9 Å². The number of fused-ring (bicyclic) bond motifs is 4. The van der Waals surface area contributed by atoms with Crippen molar-refractivity contribution >= 4 is 99.5 Å². The molecule has 0 aromatic heterocycles. The fraction of sp³-hybridized carbons (Fsp3) is 0.557. The van der Waals surface area contributed by atoms with Gasteiger partial charge in [-0.15, -0.1) is 0 Å². The topological polar surface area (TPSA) is 409 Å². The van der Waals surface area contributed by atoms with Crippen molar-refractivity contribution in [2.45, 2.75) is 176 Å². The third kappa shape index (κ3) is 15.9. The summed E-state index contributed by atoms with van der Waals surface area (Å²) < 4.78 is 18.7. The number of likely N-dealkylation sites (N-methyl/N-ethyl adjacent to an activating group) is 4. The zero-order valence-electron chi connectivity index (χ0n) is 59.9. The van der Waals surface area contributed by atoms with Crippen LogP contribution in [-0.4, -0.2) is 231 Å². The lowest BCUT2D eigenvalue weighted by atomic mass is 9.98. The third-order valence-corrected chi connectivity index (χ3v) is 19.4. The highest BCUT2D eigenvalue weighted by Crippen LogP contribution is 2.38. The molecule has 5 aliphatic heterocycles. The number of carbonyl (C=O) groups is 13. The number of cyclic esters (lactones) is 2. The molecule has 0 saturated carbocycles. The second kappa shape index (κ2) is 31.1. The Bertz CT molecular complexity index is 4000. The number of esters is 2. The van der Waals surface area contributed by atoms with Gasteiger partial charge >= 0.3 is 17.9 Å². The van der Waals surface area contributed by atoms with E-state index in [-0.39, 0.29) is 71.7 Å². The zero-order chi connectivity index (χ0) is 74.8. The van der Waals surface area contributed by atoms with Crippen LogP contribution >= 0.6 is 0 Å². The van der Waals surface area contributed by atoms with Gasteiger partial charge in [0.1, 0.15) is 71.8 Å². The highest BCUT2D eigenvalue weighted by Gasteiger charge is 2.47. The summed E-state index contributed by atoms with van der Waals surface area (Å²) in [5.41, 5.74) is 3.67. The molecule has 10 amide bonds. The van der Waals surface area contributed by atoms with Crippen molar-refractivity contribution in [1.82, 2.24) is 55.7 Å². The molecule has 0 bridgehead atoms.